The molecule has 0 bridgehead atoms. The molecule has 1 fully saturated rings. The molecule has 1 saturated heterocycles. The lowest BCUT2D eigenvalue weighted by Gasteiger charge is -2.20. The van der Waals surface area contributed by atoms with Crippen LogP contribution in [0.2, 0.25) is 0 Å². The predicted octanol–water partition coefficient (Wildman–Crippen LogP) is 3.24. The monoisotopic (exact) mass is 478 g/mol. The van der Waals surface area contributed by atoms with Crippen molar-refractivity contribution in [2.75, 3.05) is 29.8 Å². The van der Waals surface area contributed by atoms with Crippen LogP contribution >= 0.6 is 0 Å². The largest absolute Gasteiger partial charge is 0.496 e. The molecular weight excluding hydrogens is 452 g/mol. The topological polar surface area (TPSA) is 99.8 Å². The molecule has 8 nitrogen and oxygen atoms in total. The zero-order valence-corrected chi connectivity index (χ0v) is 19.6. The number of hydrazine groups is 1. The molecule has 1 atom stereocenters. The van der Waals surface area contributed by atoms with E-state index >= 15 is 0 Å². The van der Waals surface area contributed by atoms with Crippen LogP contribution < -0.4 is 25.2 Å². The number of sulfonamides is 1. The van der Waals surface area contributed by atoms with Crippen molar-refractivity contribution in [2.24, 2.45) is 0 Å². The molecule has 0 spiro atoms. The number of fused-ring (bicyclic) bond motifs is 1. The second-order valence-electron chi connectivity index (χ2n) is 8.31. The van der Waals surface area contributed by atoms with Gasteiger partial charge >= 0.3 is 0 Å². The zero-order chi connectivity index (χ0) is 23.7. The number of nitrogens with one attached hydrogen (secondary N) is 3. The van der Waals surface area contributed by atoms with Gasteiger partial charge in [-0.15, -0.1) is 0 Å². The molecule has 0 aromatic heterocycles. The third-order valence-electron chi connectivity index (χ3n) is 6.23. The van der Waals surface area contributed by atoms with E-state index in [1.807, 2.05) is 36.4 Å². The van der Waals surface area contributed by atoms with Crippen molar-refractivity contribution in [3.05, 3.63) is 83.4 Å². The van der Waals surface area contributed by atoms with Gasteiger partial charge in [0.05, 0.1) is 23.3 Å². The number of anilines is 2. The van der Waals surface area contributed by atoms with Gasteiger partial charge in [0.2, 0.25) is 0 Å². The Bertz CT molecular complexity index is 1340. The van der Waals surface area contributed by atoms with Gasteiger partial charge in [0.15, 0.2) is 0 Å². The minimum atomic E-state index is -3.84. The molecule has 2 heterocycles. The lowest BCUT2D eigenvalue weighted by atomic mass is 10.0. The molecule has 3 aromatic carbocycles. The van der Waals surface area contributed by atoms with E-state index in [4.69, 9.17) is 4.74 Å². The highest BCUT2D eigenvalue weighted by Crippen LogP contribution is 2.34. The number of para-hydroxylation sites is 1. The van der Waals surface area contributed by atoms with E-state index in [2.05, 4.69) is 16.2 Å². The first-order valence-electron chi connectivity index (χ1n) is 11.2. The van der Waals surface area contributed by atoms with E-state index < -0.39 is 15.9 Å². The Morgan fingerprint density at radius 3 is 2.74 bits per heavy atom. The molecule has 34 heavy (non-hydrogen) atoms. The summed E-state index contributed by atoms with van der Waals surface area (Å²) in [7, 11) is -2.39. The predicted molar refractivity (Wildman–Crippen MR) is 131 cm³/mol. The Kier molecular flexibility index (Phi) is 5.99. The third kappa shape index (κ3) is 4.13. The molecule has 5 rings (SSSR count). The highest BCUT2D eigenvalue weighted by Gasteiger charge is 2.31. The van der Waals surface area contributed by atoms with Crippen molar-refractivity contribution < 1.29 is 17.9 Å². The molecule has 3 N–H and O–H groups in total. The van der Waals surface area contributed by atoms with E-state index in [-0.39, 0.29) is 16.5 Å². The highest BCUT2D eigenvalue weighted by molar-refractivity contribution is 7.92. The molecule has 1 amide bonds. The maximum absolute atomic E-state index is 13.5. The number of carbonyl (C=O) groups is 1. The molecule has 2 aliphatic rings. The number of hydrogen-bond acceptors (Lipinski definition) is 6. The molecule has 0 radical (unpaired) electrons. The second kappa shape index (κ2) is 9.09. The summed E-state index contributed by atoms with van der Waals surface area (Å²) in [5.41, 5.74) is 9.82. The van der Waals surface area contributed by atoms with Crippen LogP contribution in [0.15, 0.2) is 71.6 Å². The first-order valence-corrected chi connectivity index (χ1v) is 12.6. The Hall–Kier alpha value is -3.40. The molecule has 0 aliphatic carbocycles. The van der Waals surface area contributed by atoms with Crippen LogP contribution in [0.1, 0.15) is 33.9 Å². The standard InChI is InChI=1S/C25H26N4O4S/c1-33-24-10-9-20(34(31,32)29-14-12-17-5-2-3-8-23(17)29)16-21(24)25(30)27-19-7-4-6-18(15-19)22-11-13-26-28-22/h2-10,15-16,22,26,28H,11-14H2,1H3,(H,27,30). The molecule has 9 heteroatoms. The minimum absolute atomic E-state index is 0.0464. The van der Waals surface area contributed by atoms with E-state index in [1.165, 1.54) is 29.6 Å². The lowest BCUT2D eigenvalue weighted by Crippen LogP contribution is -2.29. The maximum atomic E-state index is 13.5. The van der Waals surface area contributed by atoms with Crippen molar-refractivity contribution in [1.29, 1.82) is 0 Å². The summed E-state index contributed by atoms with van der Waals surface area (Å²) >= 11 is 0. The number of benzene rings is 3. The summed E-state index contributed by atoms with van der Waals surface area (Å²) in [6, 6.07) is 19.6. The van der Waals surface area contributed by atoms with Gasteiger partial charge in [-0.3, -0.25) is 20.0 Å². The van der Waals surface area contributed by atoms with E-state index in [0.717, 1.165) is 24.1 Å². The normalized spacial score (nSPS) is 17.4. The van der Waals surface area contributed by atoms with Gasteiger partial charge in [-0.1, -0.05) is 30.3 Å². The Morgan fingerprint density at radius 2 is 1.94 bits per heavy atom. The summed E-state index contributed by atoms with van der Waals surface area (Å²) in [5.74, 6) is -0.138. The molecule has 3 aromatic rings. The van der Waals surface area contributed by atoms with E-state index in [0.29, 0.717) is 30.1 Å². The average Bonchev–Trinajstić information content (AvgIpc) is 3.54. The van der Waals surface area contributed by atoms with Crippen LogP contribution in [-0.4, -0.2) is 34.5 Å². The molecule has 176 valence electrons. The van der Waals surface area contributed by atoms with Gasteiger partial charge in [0.1, 0.15) is 5.75 Å². The molecule has 2 aliphatic heterocycles. The van der Waals surface area contributed by atoms with Crippen LogP contribution in [-0.2, 0) is 16.4 Å². The SMILES string of the molecule is COc1ccc(S(=O)(=O)N2CCc3ccccc32)cc1C(=O)Nc1cccc(C2CCNN2)c1. The number of nitrogens with zero attached hydrogens (tertiary/aromatic N) is 1. The number of amides is 1. The molecule has 0 saturated carbocycles. The van der Waals surface area contributed by atoms with Crippen LogP contribution in [0.3, 0.4) is 0 Å². The fraction of sp³-hybridized carbons (Fsp3) is 0.240. The quantitative estimate of drug-likeness (QED) is 0.503. The van der Waals surface area contributed by atoms with Crippen LogP contribution in [0, 0.1) is 0 Å². The van der Waals surface area contributed by atoms with Crippen LogP contribution in [0.5, 0.6) is 5.75 Å². The Morgan fingerprint density at radius 1 is 1.09 bits per heavy atom. The minimum Gasteiger partial charge on any atom is -0.496 e. The van der Waals surface area contributed by atoms with Gasteiger partial charge < -0.3 is 10.1 Å². The van der Waals surface area contributed by atoms with Crippen molar-refractivity contribution in [3.63, 3.8) is 0 Å². The number of rotatable bonds is 6. The zero-order valence-electron chi connectivity index (χ0n) is 18.7. The van der Waals surface area contributed by atoms with Crippen molar-refractivity contribution in [1.82, 2.24) is 10.9 Å². The number of ether oxygens (including phenoxy) is 1. The van der Waals surface area contributed by atoms with E-state index in [1.54, 1.807) is 12.1 Å². The van der Waals surface area contributed by atoms with Crippen LogP contribution in [0.25, 0.3) is 0 Å². The highest BCUT2D eigenvalue weighted by atomic mass is 32.2. The van der Waals surface area contributed by atoms with Gasteiger partial charge in [-0.2, -0.15) is 0 Å². The van der Waals surface area contributed by atoms with Gasteiger partial charge in [-0.25, -0.2) is 8.42 Å². The second-order valence-corrected chi connectivity index (χ2v) is 10.2. The third-order valence-corrected chi connectivity index (χ3v) is 8.04. The number of carbonyl (C=O) groups excluding carboxylic acids is 1. The van der Waals surface area contributed by atoms with Gasteiger partial charge in [-0.05, 0) is 60.4 Å². The molecular formula is C25H26N4O4S. The first-order chi connectivity index (χ1) is 16.5. The number of hydrogen-bond donors (Lipinski definition) is 3. The fourth-order valence-corrected chi connectivity index (χ4v) is 6.01. The smallest absolute Gasteiger partial charge is 0.264 e. The Balaban J connectivity index is 1.44. The summed E-state index contributed by atoms with van der Waals surface area (Å²) in [5, 5.41) is 2.89. The lowest BCUT2D eigenvalue weighted by molar-refractivity contribution is 0.102. The Labute approximate surface area is 199 Å². The average molecular weight is 479 g/mol. The summed E-state index contributed by atoms with van der Waals surface area (Å²) < 4.78 is 33.7. The molecule has 1 unspecified atom stereocenters. The maximum Gasteiger partial charge on any atom is 0.264 e. The van der Waals surface area contributed by atoms with Crippen molar-refractivity contribution in [2.45, 2.75) is 23.8 Å². The van der Waals surface area contributed by atoms with Gasteiger partial charge in [0.25, 0.3) is 15.9 Å². The summed E-state index contributed by atoms with van der Waals surface area (Å²) in [6.07, 6.45) is 1.60. The first kappa shape index (κ1) is 22.4. The van der Waals surface area contributed by atoms with Crippen LogP contribution in [0.4, 0.5) is 11.4 Å². The fourth-order valence-electron chi connectivity index (χ4n) is 4.48. The van der Waals surface area contributed by atoms with Gasteiger partial charge in [0, 0.05) is 24.8 Å². The summed E-state index contributed by atoms with van der Waals surface area (Å²) in [4.78, 5) is 13.2. The van der Waals surface area contributed by atoms with Crippen molar-refractivity contribution >= 4 is 27.3 Å². The number of methoxy groups -OCH3 is 1. The van der Waals surface area contributed by atoms with E-state index in [9.17, 15) is 13.2 Å². The summed E-state index contributed by atoms with van der Waals surface area (Å²) in [6.45, 7) is 1.24. The van der Waals surface area contributed by atoms with Crippen molar-refractivity contribution in [3.8, 4) is 5.75 Å².